The van der Waals surface area contributed by atoms with Gasteiger partial charge in [0.25, 0.3) is 5.91 Å². The number of aliphatic hydroxyl groups excluding tert-OH is 1. The Balaban J connectivity index is 1.56. The molecular weight excluding hydrogens is 302 g/mol. The van der Waals surface area contributed by atoms with Crippen LogP contribution in [0.3, 0.4) is 0 Å². The number of fused-ring (bicyclic) bond motifs is 4. The van der Waals surface area contributed by atoms with E-state index in [0.29, 0.717) is 24.3 Å². The van der Waals surface area contributed by atoms with E-state index in [0.717, 1.165) is 39.0 Å². The fourth-order valence-corrected chi connectivity index (χ4v) is 4.05. The molecule has 3 saturated heterocycles. The molecule has 4 heterocycles. The third-order valence-electron chi connectivity index (χ3n) is 5.35. The van der Waals surface area contributed by atoms with Gasteiger partial charge in [-0.15, -0.1) is 0 Å². The van der Waals surface area contributed by atoms with Gasteiger partial charge in [0.1, 0.15) is 5.69 Å². The number of hydrogen-bond acceptors (Lipinski definition) is 4. The molecule has 0 aliphatic carbocycles. The van der Waals surface area contributed by atoms with Crippen molar-refractivity contribution in [1.82, 2.24) is 14.8 Å². The molecule has 24 heavy (non-hydrogen) atoms. The lowest BCUT2D eigenvalue weighted by Gasteiger charge is -2.36. The smallest absolute Gasteiger partial charge is 0.272 e. The second-order valence-electron chi connectivity index (χ2n) is 7.16. The summed E-state index contributed by atoms with van der Waals surface area (Å²) in [7, 11) is 0. The number of unbranched alkanes of at least 4 members (excludes halogenated alkanes) is 3. The number of carbonyl (C=O) groups is 1. The summed E-state index contributed by atoms with van der Waals surface area (Å²) in [5, 5.41) is 8.86. The minimum Gasteiger partial charge on any atom is -0.396 e. The largest absolute Gasteiger partial charge is 0.396 e. The number of nitrogens with zero attached hydrogens (tertiary/aromatic N) is 3. The van der Waals surface area contributed by atoms with Gasteiger partial charge in [0, 0.05) is 38.5 Å². The van der Waals surface area contributed by atoms with Crippen LogP contribution in [0.5, 0.6) is 0 Å². The van der Waals surface area contributed by atoms with E-state index in [1.807, 2.05) is 23.1 Å². The third-order valence-corrected chi connectivity index (χ3v) is 5.35. The van der Waals surface area contributed by atoms with Crippen LogP contribution in [0.15, 0.2) is 24.4 Å². The number of aliphatic hydroxyl groups is 1. The van der Waals surface area contributed by atoms with Crippen LogP contribution in [0, 0.1) is 5.92 Å². The van der Waals surface area contributed by atoms with Crippen molar-refractivity contribution in [3.8, 4) is 0 Å². The Bertz CT molecular complexity index is 523. The number of pyridine rings is 1. The number of carbonyl (C=O) groups excluding carboxylic acids is 1. The summed E-state index contributed by atoms with van der Waals surface area (Å²) >= 11 is 0. The molecule has 0 saturated carbocycles. The van der Waals surface area contributed by atoms with Crippen LogP contribution in [-0.4, -0.2) is 64.6 Å². The predicted octanol–water partition coefficient (Wildman–Crippen LogP) is 2.17. The average Bonchev–Trinajstić information content (AvgIpc) is 2.93. The van der Waals surface area contributed by atoms with E-state index in [-0.39, 0.29) is 5.91 Å². The minimum atomic E-state index is 0.0808. The van der Waals surface area contributed by atoms with E-state index in [9.17, 15) is 4.79 Å². The summed E-state index contributed by atoms with van der Waals surface area (Å²) in [5.41, 5.74) is 0.564. The number of rotatable bonds is 7. The lowest BCUT2D eigenvalue weighted by Crippen LogP contribution is -2.44. The van der Waals surface area contributed by atoms with E-state index in [1.54, 1.807) is 6.20 Å². The van der Waals surface area contributed by atoms with Gasteiger partial charge in [0.05, 0.1) is 0 Å². The van der Waals surface area contributed by atoms with Gasteiger partial charge in [0.2, 0.25) is 0 Å². The van der Waals surface area contributed by atoms with E-state index in [2.05, 4.69) is 9.88 Å². The maximum absolute atomic E-state index is 12.7. The van der Waals surface area contributed by atoms with Crippen LogP contribution in [0.2, 0.25) is 0 Å². The SMILES string of the molecule is O=C(c1ccccn1)N1C[C@@H]2CC[C@H](C1)N(CCCCCCO)C2. The van der Waals surface area contributed by atoms with E-state index >= 15 is 0 Å². The summed E-state index contributed by atoms with van der Waals surface area (Å²) < 4.78 is 0. The predicted molar refractivity (Wildman–Crippen MR) is 93.8 cm³/mol. The fraction of sp³-hybridized carbons (Fsp3) is 0.684. The molecular formula is C19H29N3O2. The van der Waals surface area contributed by atoms with Crippen molar-refractivity contribution < 1.29 is 9.90 Å². The van der Waals surface area contributed by atoms with Crippen LogP contribution in [-0.2, 0) is 0 Å². The Morgan fingerprint density at radius 2 is 2.00 bits per heavy atom. The van der Waals surface area contributed by atoms with E-state index < -0.39 is 0 Å². The highest BCUT2D eigenvalue weighted by Crippen LogP contribution is 2.29. The lowest BCUT2D eigenvalue weighted by atomic mass is 9.94. The monoisotopic (exact) mass is 331 g/mol. The maximum Gasteiger partial charge on any atom is 0.272 e. The highest BCUT2D eigenvalue weighted by molar-refractivity contribution is 5.92. The van der Waals surface area contributed by atoms with Crippen LogP contribution in [0.25, 0.3) is 0 Å². The molecule has 0 unspecified atom stereocenters. The first kappa shape index (κ1) is 17.4. The number of aromatic nitrogens is 1. The summed E-state index contributed by atoms with van der Waals surface area (Å²) in [6.45, 7) is 4.25. The first-order valence-electron chi connectivity index (χ1n) is 9.33. The van der Waals surface area contributed by atoms with Gasteiger partial charge in [-0.25, -0.2) is 0 Å². The Morgan fingerprint density at radius 1 is 1.12 bits per heavy atom. The zero-order valence-corrected chi connectivity index (χ0v) is 14.4. The van der Waals surface area contributed by atoms with Crippen LogP contribution >= 0.6 is 0 Å². The Labute approximate surface area is 144 Å². The van der Waals surface area contributed by atoms with Gasteiger partial charge in [0.15, 0.2) is 0 Å². The van der Waals surface area contributed by atoms with Crippen LogP contribution < -0.4 is 0 Å². The Morgan fingerprint density at radius 3 is 2.79 bits per heavy atom. The van der Waals surface area contributed by atoms with Crippen LogP contribution in [0.4, 0.5) is 0 Å². The minimum absolute atomic E-state index is 0.0808. The summed E-state index contributed by atoms with van der Waals surface area (Å²) in [4.78, 5) is 21.6. The van der Waals surface area contributed by atoms with Crippen molar-refractivity contribution in [1.29, 1.82) is 0 Å². The molecule has 1 N–H and O–H groups in total. The van der Waals surface area contributed by atoms with Gasteiger partial charge in [-0.1, -0.05) is 18.9 Å². The molecule has 3 fully saturated rings. The number of piperidine rings is 1. The van der Waals surface area contributed by atoms with Gasteiger partial charge in [-0.05, 0) is 50.3 Å². The topological polar surface area (TPSA) is 56.7 Å². The number of amides is 1. The van der Waals surface area contributed by atoms with E-state index in [1.165, 1.54) is 25.7 Å². The summed E-state index contributed by atoms with van der Waals surface area (Å²) in [5.74, 6) is 0.672. The molecule has 5 heteroatoms. The molecule has 1 amide bonds. The van der Waals surface area contributed by atoms with E-state index in [4.69, 9.17) is 5.11 Å². The molecule has 5 nitrogen and oxygen atoms in total. The maximum atomic E-state index is 12.7. The highest BCUT2D eigenvalue weighted by Gasteiger charge is 2.36. The third kappa shape index (κ3) is 4.33. The fourth-order valence-electron chi connectivity index (χ4n) is 4.05. The first-order chi connectivity index (χ1) is 11.8. The van der Waals surface area contributed by atoms with Crippen molar-refractivity contribution in [2.75, 3.05) is 32.8 Å². The summed E-state index contributed by atoms with van der Waals surface area (Å²) in [6, 6.07) is 6.04. The molecule has 3 aliphatic rings. The molecule has 1 aromatic heterocycles. The lowest BCUT2D eigenvalue weighted by molar-refractivity contribution is 0.0731. The van der Waals surface area contributed by atoms with Crippen molar-refractivity contribution in [3.05, 3.63) is 30.1 Å². The average molecular weight is 331 g/mol. The normalized spacial score (nSPS) is 24.1. The standard InChI is InChI=1S/C19H29N3O2/c23-12-6-2-1-5-11-21-13-16-8-9-17(21)15-22(14-16)19(24)18-7-3-4-10-20-18/h3-4,7,10,16-17,23H,1-2,5-6,8-9,11-15H2/t16-,17-/m1/s1. The van der Waals surface area contributed by atoms with Gasteiger partial charge in [-0.3, -0.25) is 14.7 Å². The zero-order valence-electron chi connectivity index (χ0n) is 14.4. The first-order valence-corrected chi connectivity index (χ1v) is 9.33. The van der Waals surface area contributed by atoms with Crippen molar-refractivity contribution in [2.24, 2.45) is 5.92 Å². The van der Waals surface area contributed by atoms with Crippen molar-refractivity contribution in [2.45, 2.75) is 44.6 Å². The zero-order chi connectivity index (χ0) is 16.8. The molecule has 0 spiro atoms. The molecule has 0 radical (unpaired) electrons. The second kappa shape index (κ2) is 8.58. The Hall–Kier alpha value is -1.46. The van der Waals surface area contributed by atoms with Gasteiger partial charge in [-0.2, -0.15) is 0 Å². The van der Waals surface area contributed by atoms with Gasteiger partial charge < -0.3 is 10.0 Å². The molecule has 132 valence electrons. The quantitative estimate of drug-likeness (QED) is 0.778. The molecule has 4 rings (SSSR count). The summed E-state index contributed by atoms with van der Waals surface area (Å²) in [6.07, 6.45) is 8.53. The number of hydrogen-bond donors (Lipinski definition) is 1. The molecule has 2 bridgehead atoms. The molecule has 3 aliphatic heterocycles. The highest BCUT2D eigenvalue weighted by atomic mass is 16.2. The van der Waals surface area contributed by atoms with Crippen molar-refractivity contribution >= 4 is 5.91 Å². The van der Waals surface area contributed by atoms with Crippen LogP contribution in [0.1, 0.15) is 49.0 Å². The molecule has 0 aromatic carbocycles. The second-order valence-corrected chi connectivity index (χ2v) is 7.16. The molecule has 1 aromatic rings. The Kier molecular flexibility index (Phi) is 6.21. The molecule has 2 atom stereocenters. The van der Waals surface area contributed by atoms with Crippen molar-refractivity contribution in [3.63, 3.8) is 0 Å². The van der Waals surface area contributed by atoms with Gasteiger partial charge >= 0.3 is 0 Å².